The Morgan fingerprint density at radius 2 is 1.93 bits per heavy atom. The van der Waals surface area contributed by atoms with Gasteiger partial charge in [0.15, 0.2) is 5.96 Å². The van der Waals surface area contributed by atoms with Gasteiger partial charge in [0.1, 0.15) is 0 Å². The molecule has 158 valence electrons. The highest BCUT2D eigenvalue weighted by atomic mass is 35.5. The van der Waals surface area contributed by atoms with Crippen LogP contribution in [0.15, 0.2) is 29.3 Å². The molecule has 6 nitrogen and oxygen atoms in total. The van der Waals surface area contributed by atoms with Gasteiger partial charge in [0.05, 0.1) is 25.9 Å². The quantitative estimate of drug-likeness (QED) is 0.344. The summed E-state index contributed by atoms with van der Waals surface area (Å²) in [5.74, 6) is 0.968. The molecule has 1 fully saturated rings. The number of piperidine rings is 1. The van der Waals surface area contributed by atoms with Gasteiger partial charge in [0.2, 0.25) is 0 Å². The van der Waals surface area contributed by atoms with Crippen LogP contribution in [0.1, 0.15) is 31.7 Å². The van der Waals surface area contributed by atoms with Crippen molar-refractivity contribution in [3.8, 4) is 0 Å². The van der Waals surface area contributed by atoms with Gasteiger partial charge in [-0.05, 0) is 43.9 Å². The van der Waals surface area contributed by atoms with Crippen LogP contribution < -0.4 is 5.32 Å². The van der Waals surface area contributed by atoms with Crippen LogP contribution >= 0.6 is 11.6 Å². The monoisotopic (exact) mass is 411 g/mol. The molecule has 28 heavy (non-hydrogen) atoms. The summed E-state index contributed by atoms with van der Waals surface area (Å²) in [4.78, 5) is 7.04. The second kappa shape index (κ2) is 13.8. The van der Waals surface area contributed by atoms with Crippen LogP contribution in [-0.2, 0) is 20.8 Å². The molecule has 1 aromatic rings. The second-order valence-electron chi connectivity index (χ2n) is 6.82. The Morgan fingerprint density at radius 3 is 2.61 bits per heavy atom. The molecule has 7 heteroatoms. The minimum atomic E-state index is 0.346. The van der Waals surface area contributed by atoms with Crippen molar-refractivity contribution in [1.82, 2.24) is 10.2 Å². The van der Waals surface area contributed by atoms with Crippen molar-refractivity contribution in [3.05, 3.63) is 34.9 Å². The van der Waals surface area contributed by atoms with Crippen LogP contribution in [0, 0.1) is 0 Å². The summed E-state index contributed by atoms with van der Waals surface area (Å²) < 4.78 is 16.7. The average Bonchev–Trinajstić information content (AvgIpc) is 2.72. The number of nitrogens with zero attached hydrogens (tertiary/aromatic N) is 2. The number of nitrogens with one attached hydrogen (secondary N) is 1. The van der Waals surface area contributed by atoms with E-state index in [2.05, 4.69) is 17.1 Å². The first-order valence-corrected chi connectivity index (χ1v) is 10.6. The topological polar surface area (TPSA) is 55.3 Å². The highest BCUT2D eigenvalue weighted by Crippen LogP contribution is 2.14. The van der Waals surface area contributed by atoms with Crippen molar-refractivity contribution in [3.63, 3.8) is 0 Å². The third-order valence-corrected chi connectivity index (χ3v) is 4.85. The Kier molecular flexibility index (Phi) is 11.3. The van der Waals surface area contributed by atoms with Gasteiger partial charge < -0.3 is 24.4 Å². The van der Waals surface area contributed by atoms with Crippen LogP contribution in [-0.4, -0.2) is 70.1 Å². The van der Waals surface area contributed by atoms with Gasteiger partial charge >= 0.3 is 0 Å². The molecule has 2 rings (SSSR count). The highest BCUT2D eigenvalue weighted by molar-refractivity contribution is 6.30. The van der Waals surface area contributed by atoms with Gasteiger partial charge in [-0.25, -0.2) is 0 Å². The summed E-state index contributed by atoms with van der Waals surface area (Å²) in [7, 11) is 1.73. The molecule has 0 spiro atoms. The molecule has 0 bridgehead atoms. The summed E-state index contributed by atoms with van der Waals surface area (Å²) in [6.07, 6.45) is 3.37. The Morgan fingerprint density at radius 1 is 1.18 bits per heavy atom. The van der Waals surface area contributed by atoms with Crippen LogP contribution in [0.4, 0.5) is 0 Å². The van der Waals surface area contributed by atoms with Crippen molar-refractivity contribution in [1.29, 1.82) is 0 Å². The largest absolute Gasteiger partial charge is 0.385 e. The fraction of sp³-hybridized carbons (Fsp3) is 0.667. The van der Waals surface area contributed by atoms with Crippen LogP contribution in [0.25, 0.3) is 0 Å². The minimum Gasteiger partial charge on any atom is -0.385 e. The molecule has 1 heterocycles. The fourth-order valence-corrected chi connectivity index (χ4v) is 3.23. The fourth-order valence-electron chi connectivity index (χ4n) is 3.10. The van der Waals surface area contributed by atoms with E-state index < -0.39 is 0 Å². The van der Waals surface area contributed by atoms with Gasteiger partial charge in [-0.3, -0.25) is 4.99 Å². The lowest BCUT2D eigenvalue weighted by Gasteiger charge is -2.34. The molecule has 0 aliphatic carbocycles. The highest BCUT2D eigenvalue weighted by Gasteiger charge is 2.21. The first-order valence-electron chi connectivity index (χ1n) is 10.2. The molecule has 1 aliphatic rings. The van der Waals surface area contributed by atoms with Crippen molar-refractivity contribution in [2.24, 2.45) is 4.99 Å². The number of rotatable bonds is 11. The predicted octanol–water partition coefficient (Wildman–Crippen LogP) is 3.34. The van der Waals surface area contributed by atoms with E-state index >= 15 is 0 Å². The molecule has 1 aromatic carbocycles. The van der Waals surface area contributed by atoms with Crippen LogP contribution in [0.5, 0.6) is 0 Å². The van der Waals surface area contributed by atoms with Crippen LogP contribution in [0.2, 0.25) is 5.02 Å². The standard InChI is InChI=1S/C21H34ClN3O3/c1-3-23-21(24-11-16-27-17-18-5-7-19(22)8-6-18)25-12-9-20(10-13-25)28-15-4-14-26-2/h5-8,20H,3-4,9-17H2,1-2H3,(H,23,24). The molecule has 0 saturated carbocycles. The first kappa shape index (κ1) is 22.9. The zero-order chi connectivity index (χ0) is 20.0. The number of halogens is 1. The second-order valence-corrected chi connectivity index (χ2v) is 7.25. The Hall–Kier alpha value is -1.34. The number of hydrogen-bond acceptors (Lipinski definition) is 4. The number of hydrogen-bond donors (Lipinski definition) is 1. The van der Waals surface area contributed by atoms with Crippen molar-refractivity contribution < 1.29 is 14.2 Å². The number of benzene rings is 1. The number of guanidine groups is 1. The molecule has 0 radical (unpaired) electrons. The molecular formula is C21H34ClN3O3. The summed E-state index contributed by atoms with van der Waals surface area (Å²) in [5, 5.41) is 4.13. The Balaban J connectivity index is 1.68. The maximum atomic E-state index is 5.94. The zero-order valence-electron chi connectivity index (χ0n) is 17.2. The summed E-state index contributed by atoms with van der Waals surface area (Å²) >= 11 is 5.90. The van der Waals surface area contributed by atoms with E-state index in [4.69, 9.17) is 30.8 Å². The van der Waals surface area contributed by atoms with Gasteiger partial charge in [-0.15, -0.1) is 0 Å². The number of methoxy groups -OCH3 is 1. The van der Waals surface area contributed by atoms with E-state index in [0.717, 1.165) is 68.7 Å². The van der Waals surface area contributed by atoms with E-state index in [1.807, 2.05) is 24.3 Å². The lowest BCUT2D eigenvalue weighted by atomic mass is 10.1. The van der Waals surface area contributed by atoms with Crippen molar-refractivity contribution in [2.75, 3.05) is 53.1 Å². The first-order chi connectivity index (χ1) is 13.7. The maximum Gasteiger partial charge on any atom is 0.193 e. The molecule has 1 aliphatic heterocycles. The molecule has 1 N–H and O–H groups in total. The van der Waals surface area contributed by atoms with Crippen molar-refractivity contribution >= 4 is 17.6 Å². The van der Waals surface area contributed by atoms with E-state index in [9.17, 15) is 0 Å². The number of ether oxygens (including phenoxy) is 3. The molecule has 0 atom stereocenters. The Bertz CT molecular complexity index is 561. The molecular weight excluding hydrogens is 378 g/mol. The summed E-state index contributed by atoms with van der Waals surface area (Å²) in [5.41, 5.74) is 1.12. The third-order valence-electron chi connectivity index (χ3n) is 4.60. The molecule has 1 saturated heterocycles. The lowest BCUT2D eigenvalue weighted by molar-refractivity contribution is 0.00987. The number of likely N-dealkylation sites (tertiary alicyclic amines) is 1. The van der Waals surface area contributed by atoms with Crippen molar-refractivity contribution in [2.45, 2.75) is 38.9 Å². The average molecular weight is 412 g/mol. The lowest BCUT2D eigenvalue weighted by Crippen LogP contribution is -2.47. The predicted molar refractivity (Wildman–Crippen MR) is 114 cm³/mol. The normalized spacial score (nSPS) is 15.8. The third kappa shape index (κ3) is 8.78. The van der Waals surface area contributed by atoms with Gasteiger partial charge in [-0.1, -0.05) is 23.7 Å². The van der Waals surface area contributed by atoms with E-state index in [1.165, 1.54) is 0 Å². The van der Waals surface area contributed by atoms with E-state index in [-0.39, 0.29) is 0 Å². The SMILES string of the molecule is CCNC(=NCCOCc1ccc(Cl)cc1)N1CCC(OCCCOC)CC1. The van der Waals surface area contributed by atoms with E-state index in [0.29, 0.717) is 25.9 Å². The van der Waals surface area contributed by atoms with Gasteiger partial charge in [0.25, 0.3) is 0 Å². The van der Waals surface area contributed by atoms with Gasteiger partial charge in [-0.2, -0.15) is 0 Å². The van der Waals surface area contributed by atoms with E-state index in [1.54, 1.807) is 7.11 Å². The maximum absolute atomic E-state index is 5.94. The van der Waals surface area contributed by atoms with Gasteiger partial charge in [0, 0.05) is 45.0 Å². The molecule has 0 amide bonds. The molecule has 0 unspecified atom stereocenters. The summed E-state index contributed by atoms with van der Waals surface area (Å²) in [6, 6.07) is 7.73. The smallest absolute Gasteiger partial charge is 0.193 e. The molecule has 0 aromatic heterocycles. The minimum absolute atomic E-state index is 0.346. The van der Waals surface area contributed by atoms with Crippen LogP contribution in [0.3, 0.4) is 0 Å². The zero-order valence-corrected chi connectivity index (χ0v) is 17.9. The number of aliphatic imine (C=N–C) groups is 1. The summed E-state index contributed by atoms with van der Waals surface area (Å²) in [6.45, 7) is 8.23. The Labute approximate surface area is 174 Å².